The van der Waals surface area contributed by atoms with E-state index in [1.54, 1.807) is 23.1 Å². The average molecular weight is 369 g/mol. The van der Waals surface area contributed by atoms with Gasteiger partial charge in [0.2, 0.25) is 0 Å². The summed E-state index contributed by atoms with van der Waals surface area (Å²) in [5.74, 6) is 1.18. The highest BCUT2D eigenvalue weighted by Gasteiger charge is 2.20. The van der Waals surface area contributed by atoms with Gasteiger partial charge in [-0.05, 0) is 31.7 Å². The van der Waals surface area contributed by atoms with Gasteiger partial charge in [0.15, 0.2) is 5.16 Å². The maximum Gasteiger partial charge on any atom is 0.263 e. The van der Waals surface area contributed by atoms with E-state index in [0.29, 0.717) is 19.3 Å². The molecule has 1 atom stereocenters. The van der Waals surface area contributed by atoms with E-state index in [9.17, 15) is 4.79 Å². The molecule has 0 aromatic carbocycles. The molecular formula is C17H24N2O3S2. The normalized spacial score (nSPS) is 18.6. The third-order valence-corrected chi connectivity index (χ3v) is 6.38. The lowest BCUT2D eigenvalue weighted by Crippen LogP contribution is -2.28. The van der Waals surface area contributed by atoms with E-state index in [-0.39, 0.29) is 11.7 Å². The van der Waals surface area contributed by atoms with Crippen molar-refractivity contribution in [2.45, 2.75) is 51.9 Å². The number of aromatic nitrogens is 2. The molecule has 2 aromatic rings. The molecule has 0 radical (unpaired) electrons. The summed E-state index contributed by atoms with van der Waals surface area (Å²) in [6.45, 7) is 10.1. The van der Waals surface area contributed by atoms with E-state index < -0.39 is 0 Å². The molecule has 1 aliphatic rings. The molecule has 1 saturated heterocycles. The lowest BCUT2D eigenvalue weighted by Gasteiger charge is -2.22. The first-order valence-electron chi connectivity index (χ1n) is 8.30. The van der Waals surface area contributed by atoms with Crippen molar-refractivity contribution in [2.24, 2.45) is 5.92 Å². The standard InChI is InChI=1S/C17H24N2O3S2/c1-10(2)7-19-16(20)14-11(3)12(4)24-15(14)18-17(19)23-8-13-5-6-21-9-22-13/h10,13H,5-9H2,1-4H3/t13-/m1/s1. The van der Waals surface area contributed by atoms with Crippen LogP contribution in [0.2, 0.25) is 0 Å². The monoisotopic (exact) mass is 368 g/mol. The Balaban J connectivity index is 1.96. The average Bonchev–Trinajstić information content (AvgIpc) is 2.84. The molecule has 0 N–H and O–H groups in total. The predicted octanol–water partition coefficient (Wildman–Crippen LogP) is 3.59. The van der Waals surface area contributed by atoms with Gasteiger partial charge in [-0.15, -0.1) is 11.3 Å². The number of thiophene rings is 1. The highest BCUT2D eigenvalue weighted by Crippen LogP contribution is 2.29. The highest BCUT2D eigenvalue weighted by atomic mass is 32.2. The number of ether oxygens (including phenoxy) is 2. The number of aryl methyl sites for hydroxylation is 2. The second-order valence-corrected chi connectivity index (χ2v) is 8.77. The zero-order chi connectivity index (χ0) is 17.3. The van der Waals surface area contributed by atoms with E-state index >= 15 is 0 Å². The molecule has 1 aliphatic heterocycles. The molecular weight excluding hydrogens is 344 g/mol. The maximum atomic E-state index is 13.0. The minimum Gasteiger partial charge on any atom is -0.355 e. The van der Waals surface area contributed by atoms with Crippen LogP contribution in [0.3, 0.4) is 0 Å². The van der Waals surface area contributed by atoms with Gasteiger partial charge in [-0.2, -0.15) is 0 Å². The lowest BCUT2D eigenvalue weighted by molar-refractivity contribution is -0.130. The van der Waals surface area contributed by atoms with Gasteiger partial charge in [0.25, 0.3) is 5.56 Å². The molecule has 3 rings (SSSR count). The lowest BCUT2D eigenvalue weighted by atomic mass is 10.2. The first-order chi connectivity index (χ1) is 11.5. The predicted molar refractivity (Wildman–Crippen MR) is 99.2 cm³/mol. The van der Waals surface area contributed by atoms with Gasteiger partial charge in [-0.3, -0.25) is 9.36 Å². The summed E-state index contributed by atoms with van der Waals surface area (Å²) in [4.78, 5) is 19.9. The smallest absolute Gasteiger partial charge is 0.263 e. The van der Waals surface area contributed by atoms with Gasteiger partial charge in [-0.25, -0.2) is 4.98 Å². The minimum absolute atomic E-state index is 0.0888. The summed E-state index contributed by atoms with van der Waals surface area (Å²) in [6.07, 6.45) is 1.05. The fourth-order valence-corrected chi connectivity index (χ4v) is 4.89. The van der Waals surface area contributed by atoms with Gasteiger partial charge >= 0.3 is 0 Å². The molecule has 0 bridgehead atoms. The van der Waals surface area contributed by atoms with Crippen LogP contribution in [0.25, 0.3) is 10.2 Å². The van der Waals surface area contributed by atoms with Crippen LogP contribution in [0.5, 0.6) is 0 Å². The van der Waals surface area contributed by atoms with E-state index in [1.165, 1.54) is 4.88 Å². The van der Waals surface area contributed by atoms with Crippen LogP contribution in [0.4, 0.5) is 0 Å². The fourth-order valence-electron chi connectivity index (χ4n) is 2.75. The number of nitrogens with zero attached hydrogens (tertiary/aromatic N) is 2. The second kappa shape index (κ2) is 7.56. The maximum absolute atomic E-state index is 13.0. The number of rotatable bonds is 5. The summed E-state index contributed by atoms with van der Waals surface area (Å²) in [5.41, 5.74) is 1.15. The molecule has 2 aromatic heterocycles. The van der Waals surface area contributed by atoms with Crippen molar-refractivity contribution < 1.29 is 9.47 Å². The van der Waals surface area contributed by atoms with E-state index in [0.717, 1.165) is 39.7 Å². The van der Waals surface area contributed by atoms with Gasteiger partial charge < -0.3 is 9.47 Å². The summed E-state index contributed by atoms with van der Waals surface area (Å²) >= 11 is 3.22. The molecule has 0 aliphatic carbocycles. The molecule has 3 heterocycles. The van der Waals surface area contributed by atoms with E-state index in [4.69, 9.17) is 14.5 Å². The van der Waals surface area contributed by atoms with Crippen LogP contribution in [-0.2, 0) is 16.0 Å². The Kier molecular flexibility index (Phi) is 5.64. The molecule has 0 unspecified atom stereocenters. The Morgan fingerprint density at radius 3 is 2.88 bits per heavy atom. The number of hydrogen-bond acceptors (Lipinski definition) is 6. The number of fused-ring (bicyclic) bond motifs is 1. The third kappa shape index (κ3) is 3.69. The zero-order valence-electron chi connectivity index (χ0n) is 14.6. The van der Waals surface area contributed by atoms with Gasteiger partial charge in [0, 0.05) is 17.2 Å². The quantitative estimate of drug-likeness (QED) is 0.596. The second-order valence-electron chi connectivity index (χ2n) is 6.58. The van der Waals surface area contributed by atoms with Gasteiger partial charge in [-0.1, -0.05) is 25.6 Å². The molecule has 0 saturated carbocycles. The van der Waals surface area contributed by atoms with Crippen LogP contribution in [0.1, 0.15) is 30.7 Å². The van der Waals surface area contributed by atoms with Crippen molar-refractivity contribution in [3.63, 3.8) is 0 Å². The first-order valence-corrected chi connectivity index (χ1v) is 10.1. The molecule has 7 heteroatoms. The molecule has 24 heavy (non-hydrogen) atoms. The van der Waals surface area contributed by atoms with Crippen LogP contribution in [0.15, 0.2) is 9.95 Å². The Morgan fingerprint density at radius 1 is 1.42 bits per heavy atom. The summed E-state index contributed by atoms with van der Waals surface area (Å²) in [6, 6.07) is 0. The van der Waals surface area contributed by atoms with Crippen molar-refractivity contribution >= 4 is 33.3 Å². The largest absolute Gasteiger partial charge is 0.355 e. The summed E-state index contributed by atoms with van der Waals surface area (Å²) < 4.78 is 12.7. The Bertz CT molecular complexity index is 776. The first kappa shape index (κ1) is 17.9. The Morgan fingerprint density at radius 2 is 2.21 bits per heavy atom. The highest BCUT2D eigenvalue weighted by molar-refractivity contribution is 7.99. The number of thioether (sulfide) groups is 1. The van der Waals surface area contributed by atoms with Crippen molar-refractivity contribution in [1.29, 1.82) is 0 Å². The summed E-state index contributed by atoms with van der Waals surface area (Å²) in [7, 11) is 0. The van der Waals surface area contributed by atoms with E-state index in [1.807, 2.05) is 11.5 Å². The molecule has 1 fully saturated rings. The van der Waals surface area contributed by atoms with Crippen molar-refractivity contribution in [1.82, 2.24) is 9.55 Å². The van der Waals surface area contributed by atoms with E-state index in [2.05, 4.69) is 20.8 Å². The SMILES string of the molecule is Cc1sc2nc(SC[C@H]3CCOCO3)n(CC(C)C)c(=O)c2c1C. The Hall–Kier alpha value is -0.890. The van der Waals surface area contributed by atoms with Crippen LogP contribution in [-0.4, -0.2) is 34.8 Å². The zero-order valence-corrected chi connectivity index (χ0v) is 16.3. The molecule has 5 nitrogen and oxygen atoms in total. The number of hydrogen-bond donors (Lipinski definition) is 0. The molecule has 132 valence electrons. The van der Waals surface area contributed by atoms with Gasteiger partial charge in [0.1, 0.15) is 11.6 Å². The van der Waals surface area contributed by atoms with Crippen molar-refractivity contribution in [3.05, 3.63) is 20.8 Å². The fraction of sp³-hybridized carbons (Fsp3) is 0.647. The molecule has 0 spiro atoms. The van der Waals surface area contributed by atoms with Crippen LogP contribution < -0.4 is 5.56 Å². The van der Waals surface area contributed by atoms with Gasteiger partial charge in [0.05, 0.1) is 18.1 Å². The summed E-state index contributed by atoms with van der Waals surface area (Å²) in [5, 5.41) is 1.59. The van der Waals surface area contributed by atoms with Crippen molar-refractivity contribution in [2.75, 3.05) is 19.2 Å². The topological polar surface area (TPSA) is 53.4 Å². The minimum atomic E-state index is 0.0888. The van der Waals surface area contributed by atoms with Crippen molar-refractivity contribution in [3.8, 4) is 0 Å². The Labute approximate surface area is 150 Å². The molecule has 0 amide bonds. The third-order valence-electron chi connectivity index (χ3n) is 4.17. The van der Waals surface area contributed by atoms with Crippen LogP contribution in [0, 0.1) is 19.8 Å². The van der Waals surface area contributed by atoms with Crippen LogP contribution >= 0.6 is 23.1 Å².